The van der Waals surface area contributed by atoms with E-state index < -0.39 is 5.54 Å². The minimum Gasteiger partial charge on any atom is -0.379 e. The SMILES string of the molecule is CCC(Cc1ccc(C(=O)c2ccccc2)cc1)(C(=O)c1cc(C)cs1)N1CCOCC1. The number of ether oxygens (including phenoxy) is 1. The number of morpholine rings is 1. The number of carbonyl (C=O) groups excluding carboxylic acids is 2. The first kappa shape index (κ1) is 22.6. The predicted molar refractivity (Wildman–Crippen MR) is 129 cm³/mol. The van der Waals surface area contributed by atoms with E-state index in [2.05, 4.69) is 11.8 Å². The summed E-state index contributed by atoms with van der Waals surface area (Å²) >= 11 is 1.53. The fourth-order valence-corrected chi connectivity index (χ4v) is 5.42. The second-order valence-corrected chi connectivity index (χ2v) is 9.28. The Bertz CT molecular complexity index is 1070. The summed E-state index contributed by atoms with van der Waals surface area (Å²) in [6, 6.07) is 19.1. The Morgan fingerprint density at radius 3 is 2.25 bits per heavy atom. The second-order valence-electron chi connectivity index (χ2n) is 8.37. The number of ketones is 2. The molecule has 1 aromatic heterocycles. The Morgan fingerprint density at radius 2 is 1.66 bits per heavy atom. The van der Waals surface area contributed by atoms with Crippen LogP contribution < -0.4 is 0 Å². The first-order valence-electron chi connectivity index (χ1n) is 11.1. The van der Waals surface area contributed by atoms with Crippen LogP contribution in [0.2, 0.25) is 0 Å². The molecule has 0 radical (unpaired) electrons. The Hall–Kier alpha value is -2.60. The van der Waals surface area contributed by atoms with Gasteiger partial charge in [-0.15, -0.1) is 11.3 Å². The molecule has 4 rings (SSSR count). The van der Waals surface area contributed by atoms with Gasteiger partial charge >= 0.3 is 0 Å². The average Bonchev–Trinajstić information content (AvgIpc) is 3.29. The third-order valence-electron chi connectivity index (χ3n) is 6.33. The highest BCUT2D eigenvalue weighted by Crippen LogP contribution is 2.32. The van der Waals surface area contributed by atoms with Gasteiger partial charge in [-0.25, -0.2) is 0 Å². The van der Waals surface area contributed by atoms with Gasteiger partial charge in [-0.05, 0) is 42.3 Å². The van der Waals surface area contributed by atoms with Crippen molar-refractivity contribution in [1.82, 2.24) is 4.90 Å². The van der Waals surface area contributed by atoms with Crippen LogP contribution in [0.4, 0.5) is 0 Å². The summed E-state index contributed by atoms with van der Waals surface area (Å²) in [5.41, 5.74) is 2.90. The molecule has 3 aromatic rings. The number of thiophene rings is 1. The number of nitrogens with zero attached hydrogens (tertiary/aromatic N) is 1. The Balaban J connectivity index is 1.63. The molecule has 2 heterocycles. The summed E-state index contributed by atoms with van der Waals surface area (Å²) in [4.78, 5) is 29.7. The van der Waals surface area contributed by atoms with Crippen molar-refractivity contribution in [2.24, 2.45) is 0 Å². The summed E-state index contributed by atoms with van der Waals surface area (Å²) in [6.07, 6.45) is 1.33. The first-order chi connectivity index (χ1) is 15.5. The molecular weight excluding hydrogens is 418 g/mol. The zero-order valence-corrected chi connectivity index (χ0v) is 19.5. The third-order valence-corrected chi connectivity index (χ3v) is 7.37. The number of aryl methyl sites for hydroxylation is 1. The first-order valence-corrected chi connectivity index (χ1v) is 12.0. The summed E-state index contributed by atoms with van der Waals surface area (Å²) in [6.45, 7) is 6.90. The van der Waals surface area contributed by atoms with Gasteiger partial charge in [-0.1, -0.05) is 61.5 Å². The molecule has 1 aliphatic rings. The molecule has 0 saturated carbocycles. The maximum Gasteiger partial charge on any atom is 0.193 e. The van der Waals surface area contributed by atoms with Crippen molar-refractivity contribution in [3.8, 4) is 0 Å². The molecule has 5 heteroatoms. The third kappa shape index (κ3) is 4.60. The van der Waals surface area contributed by atoms with E-state index in [0.717, 1.165) is 29.1 Å². The van der Waals surface area contributed by atoms with Crippen LogP contribution in [0.5, 0.6) is 0 Å². The van der Waals surface area contributed by atoms with Crippen molar-refractivity contribution in [2.75, 3.05) is 26.3 Å². The molecule has 0 N–H and O–H groups in total. The average molecular weight is 448 g/mol. The highest BCUT2D eigenvalue weighted by atomic mass is 32.1. The largest absolute Gasteiger partial charge is 0.379 e. The topological polar surface area (TPSA) is 46.6 Å². The number of hydrogen-bond donors (Lipinski definition) is 0. The van der Waals surface area contributed by atoms with Crippen LogP contribution in [0, 0.1) is 6.92 Å². The van der Waals surface area contributed by atoms with Crippen LogP contribution in [-0.4, -0.2) is 48.3 Å². The lowest BCUT2D eigenvalue weighted by Crippen LogP contribution is -2.59. The molecule has 0 spiro atoms. The molecule has 1 atom stereocenters. The highest BCUT2D eigenvalue weighted by molar-refractivity contribution is 7.12. The maximum atomic E-state index is 13.8. The van der Waals surface area contributed by atoms with Crippen molar-refractivity contribution in [1.29, 1.82) is 0 Å². The summed E-state index contributed by atoms with van der Waals surface area (Å²) in [5.74, 6) is 0.196. The predicted octanol–water partition coefficient (Wildman–Crippen LogP) is 5.19. The summed E-state index contributed by atoms with van der Waals surface area (Å²) in [5, 5.41) is 2.04. The minimum absolute atomic E-state index is 0.0113. The van der Waals surface area contributed by atoms with E-state index in [1.54, 1.807) is 0 Å². The Labute approximate surface area is 193 Å². The number of rotatable bonds is 8. The molecule has 1 saturated heterocycles. The van der Waals surface area contributed by atoms with E-state index in [1.807, 2.05) is 73.0 Å². The molecule has 1 unspecified atom stereocenters. The van der Waals surface area contributed by atoms with Gasteiger partial charge in [0.25, 0.3) is 0 Å². The molecular formula is C27H29NO3S. The van der Waals surface area contributed by atoms with Crippen molar-refractivity contribution in [2.45, 2.75) is 32.2 Å². The van der Waals surface area contributed by atoms with Crippen LogP contribution in [0.25, 0.3) is 0 Å². The summed E-state index contributed by atoms with van der Waals surface area (Å²) < 4.78 is 5.58. The van der Waals surface area contributed by atoms with Crippen LogP contribution in [0.3, 0.4) is 0 Å². The van der Waals surface area contributed by atoms with Gasteiger partial charge < -0.3 is 4.74 Å². The molecule has 1 aliphatic heterocycles. The minimum atomic E-state index is -0.619. The Kier molecular flexibility index (Phi) is 6.99. The van der Waals surface area contributed by atoms with Gasteiger partial charge in [0.2, 0.25) is 0 Å². The second kappa shape index (κ2) is 9.90. The molecule has 2 aromatic carbocycles. The van der Waals surface area contributed by atoms with Crippen molar-refractivity contribution in [3.05, 3.63) is 93.2 Å². The fourth-order valence-electron chi connectivity index (χ4n) is 4.48. The van der Waals surface area contributed by atoms with Gasteiger partial charge in [0.05, 0.1) is 23.6 Å². The monoisotopic (exact) mass is 447 g/mol. The summed E-state index contributed by atoms with van der Waals surface area (Å²) in [7, 11) is 0. The van der Waals surface area contributed by atoms with E-state index in [1.165, 1.54) is 11.3 Å². The van der Waals surface area contributed by atoms with Crippen LogP contribution >= 0.6 is 11.3 Å². The van der Waals surface area contributed by atoms with Crippen LogP contribution in [-0.2, 0) is 11.2 Å². The lowest BCUT2D eigenvalue weighted by molar-refractivity contribution is -0.0161. The lowest BCUT2D eigenvalue weighted by Gasteiger charge is -2.44. The molecule has 1 fully saturated rings. The van der Waals surface area contributed by atoms with E-state index in [-0.39, 0.29) is 11.6 Å². The van der Waals surface area contributed by atoms with Gasteiger partial charge in [0.1, 0.15) is 0 Å². The fraction of sp³-hybridized carbons (Fsp3) is 0.333. The Morgan fingerprint density at radius 1 is 1.00 bits per heavy atom. The zero-order valence-electron chi connectivity index (χ0n) is 18.7. The zero-order chi connectivity index (χ0) is 22.6. The molecule has 166 valence electrons. The maximum absolute atomic E-state index is 13.8. The van der Waals surface area contributed by atoms with Gasteiger partial charge in [-0.3, -0.25) is 14.5 Å². The van der Waals surface area contributed by atoms with Crippen LogP contribution in [0.15, 0.2) is 66.0 Å². The highest BCUT2D eigenvalue weighted by Gasteiger charge is 2.43. The molecule has 4 nitrogen and oxygen atoms in total. The smallest absolute Gasteiger partial charge is 0.193 e. The number of Topliss-reactive ketones (excluding diaryl/α,β-unsaturated/α-hetero) is 1. The van der Waals surface area contributed by atoms with E-state index in [9.17, 15) is 9.59 Å². The van der Waals surface area contributed by atoms with Gasteiger partial charge in [0.15, 0.2) is 11.6 Å². The molecule has 0 aliphatic carbocycles. The van der Waals surface area contributed by atoms with Gasteiger partial charge in [-0.2, -0.15) is 0 Å². The van der Waals surface area contributed by atoms with Crippen molar-refractivity contribution < 1.29 is 14.3 Å². The molecule has 0 bridgehead atoms. The lowest BCUT2D eigenvalue weighted by atomic mass is 9.81. The van der Waals surface area contributed by atoms with Crippen molar-refractivity contribution in [3.63, 3.8) is 0 Å². The number of carbonyl (C=O) groups is 2. The standard InChI is InChI=1S/C27H29NO3S/c1-3-27(28-13-15-31-16-14-28,26(30)24-17-20(2)19-32-24)18-21-9-11-23(12-10-21)25(29)22-7-5-4-6-8-22/h4-12,17,19H,3,13-16,18H2,1-2H3. The number of hydrogen-bond acceptors (Lipinski definition) is 5. The van der Waals surface area contributed by atoms with Crippen molar-refractivity contribution >= 4 is 22.9 Å². The molecule has 32 heavy (non-hydrogen) atoms. The van der Waals surface area contributed by atoms with E-state index in [4.69, 9.17) is 4.74 Å². The quantitative estimate of drug-likeness (QED) is 0.446. The normalized spacial score (nSPS) is 16.4. The van der Waals surface area contributed by atoms with E-state index >= 15 is 0 Å². The van der Waals surface area contributed by atoms with E-state index in [0.29, 0.717) is 37.2 Å². The van der Waals surface area contributed by atoms with Gasteiger partial charge in [0, 0.05) is 24.2 Å². The van der Waals surface area contributed by atoms with Crippen LogP contribution in [0.1, 0.15) is 50.1 Å². The number of benzene rings is 2. The molecule has 0 amide bonds.